The van der Waals surface area contributed by atoms with Crippen molar-refractivity contribution in [2.45, 2.75) is 13.8 Å². The summed E-state index contributed by atoms with van der Waals surface area (Å²) in [4.78, 5) is 15.4. The van der Waals surface area contributed by atoms with Crippen molar-refractivity contribution in [2.75, 3.05) is 13.7 Å². The number of hydrogen-bond donors (Lipinski definition) is 0. The number of carbonyl (C=O) groups is 1. The zero-order valence-corrected chi connectivity index (χ0v) is 10.3. The van der Waals surface area contributed by atoms with Crippen LogP contribution in [0.4, 0.5) is 0 Å². The second-order valence-electron chi connectivity index (χ2n) is 3.30. The summed E-state index contributed by atoms with van der Waals surface area (Å²) in [6.07, 6.45) is 0. The molecule has 4 nitrogen and oxygen atoms in total. The lowest BCUT2D eigenvalue weighted by molar-refractivity contribution is 0.0606. The number of hydrogen-bond acceptors (Lipinski definition) is 5. The summed E-state index contributed by atoms with van der Waals surface area (Å²) in [7, 11) is 1.30. The van der Waals surface area contributed by atoms with Gasteiger partial charge in [-0.15, -0.1) is 0 Å². The number of aromatic nitrogens is 1. The minimum atomic E-state index is -0.489. The van der Waals surface area contributed by atoms with Crippen molar-refractivity contribution in [3.8, 4) is 5.19 Å². The number of rotatable bonds is 4. The Kier molecular flexibility index (Phi) is 4.35. The highest BCUT2D eigenvalue weighted by molar-refractivity contribution is 7.15. The first-order chi connectivity index (χ1) is 7.04. The second kappa shape index (κ2) is 5.32. The maximum absolute atomic E-state index is 11.2. The molecule has 0 aromatic carbocycles. The highest BCUT2D eigenvalue weighted by atomic mass is 35.5. The number of esters is 1. The summed E-state index contributed by atoms with van der Waals surface area (Å²) in [6, 6.07) is 0. The van der Waals surface area contributed by atoms with Crippen molar-refractivity contribution < 1.29 is 14.3 Å². The summed E-state index contributed by atoms with van der Waals surface area (Å²) in [5.74, 6) is -0.0915. The molecule has 0 N–H and O–H groups in total. The van der Waals surface area contributed by atoms with Crippen LogP contribution in [0.5, 0.6) is 5.19 Å². The first-order valence-corrected chi connectivity index (χ1v) is 5.61. The Labute approximate surface area is 97.2 Å². The first kappa shape index (κ1) is 12.3. The van der Waals surface area contributed by atoms with Gasteiger partial charge in [0, 0.05) is 0 Å². The third-order valence-corrected chi connectivity index (χ3v) is 2.81. The van der Waals surface area contributed by atoms with Crippen LogP contribution < -0.4 is 4.74 Å². The lowest BCUT2D eigenvalue weighted by Crippen LogP contribution is -2.03. The Morgan fingerprint density at radius 1 is 1.60 bits per heavy atom. The highest BCUT2D eigenvalue weighted by Gasteiger charge is 2.18. The van der Waals surface area contributed by atoms with E-state index in [1.54, 1.807) is 0 Å². The number of halogens is 1. The fourth-order valence-electron chi connectivity index (χ4n) is 0.801. The predicted molar refractivity (Wildman–Crippen MR) is 58.8 cm³/mol. The van der Waals surface area contributed by atoms with Gasteiger partial charge >= 0.3 is 5.97 Å². The molecule has 0 fully saturated rings. The monoisotopic (exact) mass is 249 g/mol. The van der Waals surface area contributed by atoms with E-state index in [0.29, 0.717) is 17.7 Å². The quantitative estimate of drug-likeness (QED) is 0.770. The normalized spacial score (nSPS) is 10.5. The maximum atomic E-state index is 11.2. The van der Waals surface area contributed by atoms with Crippen LogP contribution in [-0.4, -0.2) is 24.7 Å². The van der Waals surface area contributed by atoms with Gasteiger partial charge in [-0.05, 0) is 5.92 Å². The number of thiazole rings is 1. The molecular formula is C9H12ClNO3S. The van der Waals surface area contributed by atoms with Crippen LogP contribution >= 0.6 is 22.9 Å². The van der Waals surface area contributed by atoms with Gasteiger partial charge in [-0.25, -0.2) is 4.79 Å². The van der Waals surface area contributed by atoms with E-state index >= 15 is 0 Å². The number of carbonyl (C=O) groups excluding carboxylic acids is 1. The van der Waals surface area contributed by atoms with Gasteiger partial charge in [0.25, 0.3) is 5.19 Å². The van der Waals surface area contributed by atoms with E-state index in [2.05, 4.69) is 9.72 Å². The molecule has 0 aliphatic heterocycles. The van der Waals surface area contributed by atoms with Crippen molar-refractivity contribution in [3.63, 3.8) is 0 Å². The van der Waals surface area contributed by atoms with Gasteiger partial charge in [0.2, 0.25) is 0 Å². The summed E-state index contributed by atoms with van der Waals surface area (Å²) in [5.41, 5.74) is 0. The summed E-state index contributed by atoms with van der Waals surface area (Å²) < 4.78 is 9.89. The number of ether oxygens (including phenoxy) is 2. The van der Waals surface area contributed by atoms with E-state index in [-0.39, 0.29) is 10.0 Å². The maximum Gasteiger partial charge on any atom is 0.351 e. The van der Waals surface area contributed by atoms with Crippen LogP contribution in [-0.2, 0) is 4.74 Å². The molecule has 0 saturated heterocycles. The largest absolute Gasteiger partial charge is 0.470 e. The Hall–Kier alpha value is -0.810. The lowest BCUT2D eigenvalue weighted by atomic mass is 10.2. The van der Waals surface area contributed by atoms with Crippen LogP contribution in [0.1, 0.15) is 23.5 Å². The Bertz CT molecular complexity index is 351. The molecule has 1 aromatic rings. The molecule has 0 amide bonds. The zero-order valence-electron chi connectivity index (χ0n) is 8.74. The molecule has 0 aliphatic rings. The standard InChI is InChI=1S/C9H12ClNO3S/c1-5(2)4-14-9-11-7(10)6(15-9)8(12)13-3/h5H,4H2,1-3H3. The molecule has 1 rings (SSSR count). The van der Waals surface area contributed by atoms with Crippen LogP contribution in [0.3, 0.4) is 0 Å². The van der Waals surface area contributed by atoms with Gasteiger partial charge in [0.05, 0.1) is 13.7 Å². The molecule has 0 spiro atoms. The number of methoxy groups -OCH3 is 1. The minimum absolute atomic E-state index is 0.130. The SMILES string of the molecule is COC(=O)c1sc(OCC(C)C)nc1Cl. The molecule has 0 unspecified atom stereocenters. The minimum Gasteiger partial charge on any atom is -0.470 e. The van der Waals surface area contributed by atoms with Crippen LogP contribution in [0, 0.1) is 5.92 Å². The van der Waals surface area contributed by atoms with Crippen molar-refractivity contribution >= 4 is 28.9 Å². The van der Waals surface area contributed by atoms with E-state index in [4.69, 9.17) is 16.3 Å². The Balaban J connectivity index is 2.72. The van der Waals surface area contributed by atoms with E-state index in [1.807, 2.05) is 13.8 Å². The van der Waals surface area contributed by atoms with Crippen molar-refractivity contribution in [3.05, 3.63) is 10.0 Å². The molecule has 0 radical (unpaired) electrons. The molecule has 0 atom stereocenters. The predicted octanol–water partition coefficient (Wildman–Crippen LogP) is 2.62. The third-order valence-electron chi connectivity index (χ3n) is 1.48. The van der Waals surface area contributed by atoms with Gasteiger partial charge in [-0.3, -0.25) is 0 Å². The molecule has 0 bridgehead atoms. The zero-order chi connectivity index (χ0) is 11.4. The van der Waals surface area contributed by atoms with Crippen LogP contribution in [0.15, 0.2) is 0 Å². The van der Waals surface area contributed by atoms with Crippen molar-refractivity contribution in [2.24, 2.45) is 5.92 Å². The fraction of sp³-hybridized carbons (Fsp3) is 0.556. The van der Waals surface area contributed by atoms with Gasteiger partial charge < -0.3 is 9.47 Å². The smallest absolute Gasteiger partial charge is 0.351 e. The fourth-order valence-corrected chi connectivity index (χ4v) is 1.86. The average Bonchev–Trinajstić information content (AvgIpc) is 2.55. The van der Waals surface area contributed by atoms with E-state index in [9.17, 15) is 4.79 Å². The van der Waals surface area contributed by atoms with Crippen molar-refractivity contribution in [1.82, 2.24) is 4.98 Å². The van der Waals surface area contributed by atoms with E-state index in [1.165, 1.54) is 7.11 Å². The third kappa shape index (κ3) is 3.35. The van der Waals surface area contributed by atoms with E-state index < -0.39 is 5.97 Å². The van der Waals surface area contributed by atoms with Crippen LogP contribution in [0.2, 0.25) is 5.15 Å². The summed E-state index contributed by atoms with van der Waals surface area (Å²) in [6.45, 7) is 4.59. The van der Waals surface area contributed by atoms with Gasteiger partial charge in [0.15, 0.2) is 10.0 Å². The van der Waals surface area contributed by atoms with Gasteiger partial charge in [-0.2, -0.15) is 4.98 Å². The molecule has 0 saturated carbocycles. The molecule has 6 heteroatoms. The molecule has 15 heavy (non-hydrogen) atoms. The lowest BCUT2D eigenvalue weighted by Gasteiger charge is -2.03. The second-order valence-corrected chi connectivity index (χ2v) is 4.62. The van der Waals surface area contributed by atoms with Gasteiger partial charge in [-0.1, -0.05) is 36.8 Å². The summed E-state index contributed by atoms with van der Waals surface area (Å²) in [5, 5.41) is 0.528. The molecule has 1 heterocycles. The molecule has 0 aliphatic carbocycles. The van der Waals surface area contributed by atoms with E-state index in [0.717, 1.165) is 11.3 Å². The molecular weight excluding hydrogens is 238 g/mol. The van der Waals surface area contributed by atoms with Crippen LogP contribution in [0.25, 0.3) is 0 Å². The van der Waals surface area contributed by atoms with Gasteiger partial charge in [0.1, 0.15) is 0 Å². The Morgan fingerprint density at radius 3 is 2.80 bits per heavy atom. The number of nitrogens with zero attached hydrogens (tertiary/aromatic N) is 1. The first-order valence-electron chi connectivity index (χ1n) is 4.42. The topological polar surface area (TPSA) is 48.4 Å². The Morgan fingerprint density at radius 2 is 2.27 bits per heavy atom. The molecule has 1 aromatic heterocycles. The average molecular weight is 250 g/mol. The molecule has 84 valence electrons. The summed E-state index contributed by atoms with van der Waals surface area (Å²) >= 11 is 6.85. The van der Waals surface area contributed by atoms with Crippen molar-refractivity contribution in [1.29, 1.82) is 0 Å². The highest BCUT2D eigenvalue weighted by Crippen LogP contribution is 2.29.